The Bertz CT molecular complexity index is 801. The molecule has 1 aliphatic heterocycles. The standard InChI is InChI=1S/C17H19N5O/c1-12-15-16(18-11-19-17(15)23-21-12)22-9-5-8-14(10-22)20-13-6-3-2-4-7-13/h2-4,6-7,11,14,20H,5,8-10H2,1H3/t14-/m0/s1. The molecule has 118 valence electrons. The zero-order chi connectivity index (χ0) is 15.6. The number of hydrogen-bond donors (Lipinski definition) is 1. The van der Waals surface area contributed by atoms with Gasteiger partial charge in [0.2, 0.25) is 0 Å². The van der Waals surface area contributed by atoms with Gasteiger partial charge in [0.25, 0.3) is 5.71 Å². The van der Waals surface area contributed by atoms with Crippen LogP contribution in [-0.2, 0) is 0 Å². The highest BCUT2D eigenvalue weighted by Crippen LogP contribution is 2.28. The molecule has 0 saturated carbocycles. The first kappa shape index (κ1) is 14.0. The van der Waals surface area contributed by atoms with Gasteiger partial charge in [-0.2, -0.15) is 4.98 Å². The summed E-state index contributed by atoms with van der Waals surface area (Å²) < 4.78 is 5.26. The number of piperidine rings is 1. The first-order chi connectivity index (χ1) is 11.3. The summed E-state index contributed by atoms with van der Waals surface area (Å²) in [5.41, 5.74) is 2.56. The van der Waals surface area contributed by atoms with E-state index in [-0.39, 0.29) is 0 Å². The van der Waals surface area contributed by atoms with Crippen molar-refractivity contribution in [2.45, 2.75) is 25.8 Å². The molecule has 3 aromatic rings. The van der Waals surface area contributed by atoms with Gasteiger partial charge in [-0.05, 0) is 31.9 Å². The van der Waals surface area contributed by atoms with E-state index in [1.807, 2.05) is 13.0 Å². The molecular formula is C17H19N5O. The second kappa shape index (κ2) is 5.87. The van der Waals surface area contributed by atoms with E-state index in [1.54, 1.807) is 6.33 Å². The lowest BCUT2D eigenvalue weighted by Gasteiger charge is -2.34. The van der Waals surface area contributed by atoms with Crippen LogP contribution in [0.4, 0.5) is 11.5 Å². The van der Waals surface area contributed by atoms with Gasteiger partial charge in [-0.15, -0.1) is 0 Å². The van der Waals surface area contributed by atoms with Gasteiger partial charge < -0.3 is 14.7 Å². The lowest BCUT2D eigenvalue weighted by Crippen LogP contribution is -2.42. The van der Waals surface area contributed by atoms with Crippen LogP contribution < -0.4 is 10.2 Å². The fraction of sp³-hybridized carbons (Fsp3) is 0.353. The van der Waals surface area contributed by atoms with Crippen LogP contribution in [0.25, 0.3) is 11.1 Å². The molecule has 0 unspecified atom stereocenters. The third-order valence-electron chi connectivity index (χ3n) is 4.29. The minimum absolute atomic E-state index is 0.399. The molecule has 0 aliphatic carbocycles. The number of anilines is 2. The molecule has 23 heavy (non-hydrogen) atoms. The maximum Gasteiger partial charge on any atom is 0.263 e. The van der Waals surface area contributed by atoms with Crippen LogP contribution in [0.3, 0.4) is 0 Å². The number of nitrogens with zero attached hydrogens (tertiary/aromatic N) is 4. The summed E-state index contributed by atoms with van der Waals surface area (Å²) in [6, 6.07) is 10.7. The fourth-order valence-electron chi connectivity index (χ4n) is 3.20. The van der Waals surface area contributed by atoms with Gasteiger partial charge >= 0.3 is 0 Å². The summed E-state index contributed by atoms with van der Waals surface area (Å²) in [5.74, 6) is 0.924. The van der Waals surface area contributed by atoms with Crippen LogP contribution >= 0.6 is 0 Å². The van der Waals surface area contributed by atoms with Crippen LogP contribution in [0.2, 0.25) is 0 Å². The summed E-state index contributed by atoms with van der Waals surface area (Å²) in [6.45, 7) is 3.83. The van der Waals surface area contributed by atoms with Crippen LogP contribution in [0.15, 0.2) is 41.2 Å². The molecular weight excluding hydrogens is 290 g/mol. The van der Waals surface area contributed by atoms with E-state index in [2.05, 4.69) is 49.6 Å². The molecule has 1 atom stereocenters. The summed E-state index contributed by atoms with van der Waals surface area (Å²) >= 11 is 0. The normalized spacial score (nSPS) is 18.3. The summed E-state index contributed by atoms with van der Waals surface area (Å²) in [6.07, 6.45) is 3.83. The average Bonchev–Trinajstić information content (AvgIpc) is 2.98. The van der Waals surface area contributed by atoms with Crippen LogP contribution in [0, 0.1) is 6.92 Å². The molecule has 1 aromatic carbocycles. The van der Waals surface area contributed by atoms with Gasteiger partial charge in [0.15, 0.2) is 0 Å². The number of benzene rings is 1. The number of nitrogens with one attached hydrogen (secondary N) is 1. The molecule has 0 radical (unpaired) electrons. The third-order valence-corrected chi connectivity index (χ3v) is 4.29. The Labute approximate surface area is 134 Å². The first-order valence-corrected chi connectivity index (χ1v) is 7.95. The highest BCUT2D eigenvalue weighted by atomic mass is 16.5. The summed E-state index contributed by atoms with van der Waals surface area (Å²) in [7, 11) is 0. The van der Waals surface area contributed by atoms with E-state index < -0.39 is 0 Å². The fourth-order valence-corrected chi connectivity index (χ4v) is 3.20. The third kappa shape index (κ3) is 2.72. The minimum Gasteiger partial charge on any atom is -0.381 e. The van der Waals surface area contributed by atoms with Crippen molar-refractivity contribution in [1.29, 1.82) is 0 Å². The molecule has 0 spiro atoms. The molecule has 2 aromatic heterocycles. The molecule has 1 fully saturated rings. The lowest BCUT2D eigenvalue weighted by atomic mass is 10.0. The molecule has 6 nitrogen and oxygen atoms in total. The van der Waals surface area contributed by atoms with Gasteiger partial charge in [-0.1, -0.05) is 23.4 Å². The second-order valence-corrected chi connectivity index (χ2v) is 5.94. The minimum atomic E-state index is 0.399. The summed E-state index contributed by atoms with van der Waals surface area (Å²) in [4.78, 5) is 11.0. The largest absolute Gasteiger partial charge is 0.381 e. The van der Waals surface area contributed by atoms with E-state index in [1.165, 1.54) is 0 Å². The number of aromatic nitrogens is 3. The number of aryl methyl sites for hydroxylation is 1. The molecule has 0 bridgehead atoms. The van der Waals surface area contributed by atoms with Gasteiger partial charge in [0, 0.05) is 24.8 Å². The Morgan fingerprint density at radius 3 is 2.96 bits per heavy atom. The Balaban J connectivity index is 1.58. The second-order valence-electron chi connectivity index (χ2n) is 5.94. The lowest BCUT2D eigenvalue weighted by molar-refractivity contribution is 0.442. The Kier molecular flexibility index (Phi) is 3.57. The predicted octanol–water partition coefficient (Wildman–Crippen LogP) is 3.01. The smallest absolute Gasteiger partial charge is 0.263 e. The van der Waals surface area contributed by atoms with Crippen molar-refractivity contribution in [1.82, 2.24) is 15.1 Å². The van der Waals surface area contributed by atoms with Crippen molar-refractivity contribution >= 4 is 22.6 Å². The summed E-state index contributed by atoms with van der Waals surface area (Å²) in [5, 5.41) is 8.56. The maximum absolute atomic E-state index is 5.26. The van der Waals surface area contributed by atoms with Gasteiger partial charge in [-0.25, -0.2) is 4.98 Å². The van der Waals surface area contributed by atoms with Crippen molar-refractivity contribution in [3.63, 3.8) is 0 Å². The highest BCUT2D eigenvalue weighted by molar-refractivity contribution is 5.87. The molecule has 0 amide bonds. The number of rotatable bonds is 3. The van der Waals surface area contributed by atoms with Gasteiger partial charge in [-0.3, -0.25) is 0 Å². The molecule has 1 saturated heterocycles. The molecule has 4 rings (SSSR count). The van der Waals surface area contributed by atoms with Crippen molar-refractivity contribution in [2.75, 3.05) is 23.3 Å². The average molecular weight is 309 g/mol. The zero-order valence-corrected chi connectivity index (χ0v) is 13.1. The Morgan fingerprint density at radius 2 is 2.09 bits per heavy atom. The van der Waals surface area contributed by atoms with Gasteiger partial charge in [0.1, 0.15) is 17.5 Å². The molecule has 3 heterocycles. The van der Waals surface area contributed by atoms with Crippen LogP contribution in [0.1, 0.15) is 18.5 Å². The van der Waals surface area contributed by atoms with Crippen molar-refractivity contribution in [3.05, 3.63) is 42.4 Å². The SMILES string of the molecule is Cc1noc2ncnc(N3CCC[C@H](Nc4ccccc4)C3)c12. The van der Waals surface area contributed by atoms with Crippen LogP contribution in [0.5, 0.6) is 0 Å². The Hall–Kier alpha value is -2.63. The number of fused-ring (bicyclic) bond motifs is 1. The molecule has 1 N–H and O–H groups in total. The maximum atomic E-state index is 5.26. The monoisotopic (exact) mass is 309 g/mol. The first-order valence-electron chi connectivity index (χ1n) is 7.95. The number of para-hydroxylation sites is 1. The van der Waals surface area contributed by atoms with E-state index in [4.69, 9.17) is 4.52 Å². The quantitative estimate of drug-likeness (QED) is 0.802. The van der Waals surface area contributed by atoms with E-state index >= 15 is 0 Å². The van der Waals surface area contributed by atoms with Crippen LogP contribution in [-0.4, -0.2) is 34.3 Å². The zero-order valence-electron chi connectivity index (χ0n) is 13.1. The van der Waals surface area contributed by atoms with Crippen molar-refractivity contribution < 1.29 is 4.52 Å². The van der Waals surface area contributed by atoms with Crippen molar-refractivity contribution in [3.8, 4) is 0 Å². The predicted molar refractivity (Wildman–Crippen MR) is 89.6 cm³/mol. The molecule has 1 aliphatic rings. The van der Waals surface area contributed by atoms with E-state index in [9.17, 15) is 0 Å². The Morgan fingerprint density at radius 1 is 1.22 bits per heavy atom. The van der Waals surface area contributed by atoms with Crippen molar-refractivity contribution in [2.24, 2.45) is 0 Å². The van der Waals surface area contributed by atoms with E-state index in [0.29, 0.717) is 11.8 Å². The topological polar surface area (TPSA) is 67.1 Å². The van der Waals surface area contributed by atoms with E-state index in [0.717, 1.165) is 48.5 Å². The molecule has 6 heteroatoms. The highest BCUT2D eigenvalue weighted by Gasteiger charge is 2.24. The van der Waals surface area contributed by atoms with Gasteiger partial charge in [0.05, 0.1) is 5.69 Å². The number of hydrogen-bond acceptors (Lipinski definition) is 6.